The number of allylic oxidation sites excluding steroid dienone is 1. The predicted molar refractivity (Wildman–Crippen MR) is 146 cm³/mol. The molecule has 1 amide bonds. The maximum atomic E-state index is 13.9. The first kappa shape index (κ1) is 30.4. The Balaban J connectivity index is 0.00000420. The highest BCUT2D eigenvalue weighted by atomic mass is 19.1. The van der Waals surface area contributed by atoms with Gasteiger partial charge in [-0.3, -0.25) is 9.69 Å². The number of hydrogen-bond donors (Lipinski definition) is 6. The number of aliphatic hydroxyl groups is 5. The summed E-state index contributed by atoms with van der Waals surface area (Å²) in [7, 11) is 1.74. The van der Waals surface area contributed by atoms with Crippen LogP contribution in [0.1, 0.15) is 38.0 Å². The molecule has 0 fully saturated rings. The van der Waals surface area contributed by atoms with Crippen molar-refractivity contribution in [2.24, 2.45) is 0 Å². The highest BCUT2D eigenvalue weighted by Gasteiger charge is 2.38. The Labute approximate surface area is 227 Å². The van der Waals surface area contributed by atoms with E-state index in [0.717, 1.165) is 16.7 Å². The van der Waals surface area contributed by atoms with E-state index in [-0.39, 0.29) is 25.5 Å². The van der Waals surface area contributed by atoms with Gasteiger partial charge in [-0.25, -0.2) is 4.39 Å². The van der Waals surface area contributed by atoms with Crippen molar-refractivity contribution in [3.63, 3.8) is 0 Å². The molecule has 9 nitrogen and oxygen atoms in total. The summed E-state index contributed by atoms with van der Waals surface area (Å²) in [6.45, 7) is 3.50. The molecule has 2 aliphatic heterocycles. The third-order valence-electron chi connectivity index (χ3n) is 6.80. The van der Waals surface area contributed by atoms with Crippen molar-refractivity contribution in [3.8, 4) is 0 Å². The fourth-order valence-electron chi connectivity index (χ4n) is 4.76. The lowest BCUT2D eigenvalue weighted by Gasteiger charge is -2.28. The molecule has 0 aromatic heterocycles. The van der Waals surface area contributed by atoms with E-state index >= 15 is 0 Å². The van der Waals surface area contributed by atoms with Crippen molar-refractivity contribution in [1.82, 2.24) is 4.90 Å². The van der Waals surface area contributed by atoms with Crippen LogP contribution in [0.3, 0.4) is 0 Å². The van der Waals surface area contributed by atoms with E-state index in [0.29, 0.717) is 23.6 Å². The molecular formula is C29H37FN2O7. The molecule has 2 aromatic rings. The van der Waals surface area contributed by atoms with Crippen molar-refractivity contribution in [2.75, 3.05) is 25.5 Å². The highest BCUT2D eigenvalue weighted by Crippen LogP contribution is 2.44. The second-order valence-corrected chi connectivity index (χ2v) is 10.2. The number of aliphatic hydroxyl groups excluding tert-OH is 5. The molecule has 2 aromatic carbocycles. The first-order valence-corrected chi connectivity index (χ1v) is 12.3. The summed E-state index contributed by atoms with van der Waals surface area (Å²) in [6.07, 6.45) is -4.37. The lowest BCUT2D eigenvalue weighted by atomic mass is 9.91. The van der Waals surface area contributed by atoms with Gasteiger partial charge in [-0.15, -0.1) is 0 Å². The van der Waals surface area contributed by atoms with Gasteiger partial charge < -0.3 is 35.6 Å². The number of benzene rings is 2. The van der Waals surface area contributed by atoms with Gasteiger partial charge in [-0.05, 0) is 56.3 Å². The molecule has 212 valence electrons. The monoisotopic (exact) mass is 544 g/mol. The Bertz CT molecular complexity index is 1260. The Morgan fingerprint density at radius 3 is 2.31 bits per heavy atom. The van der Waals surface area contributed by atoms with Gasteiger partial charge >= 0.3 is 0 Å². The topological polar surface area (TPSA) is 143 Å². The second kappa shape index (κ2) is 12.0. The van der Waals surface area contributed by atoms with E-state index in [1.54, 1.807) is 18.0 Å². The van der Waals surface area contributed by atoms with Crippen molar-refractivity contribution in [1.29, 1.82) is 0 Å². The number of amides is 1. The van der Waals surface area contributed by atoms with Crippen LogP contribution in [-0.2, 0) is 16.1 Å². The van der Waals surface area contributed by atoms with Gasteiger partial charge in [-0.1, -0.05) is 31.7 Å². The summed E-state index contributed by atoms with van der Waals surface area (Å²) in [5.74, 6) is -0.420. The summed E-state index contributed by atoms with van der Waals surface area (Å²) in [4.78, 5) is 14.4. The van der Waals surface area contributed by atoms with E-state index in [1.165, 1.54) is 18.2 Å². The molecule has 4 atom stereocenters. The number of nitrogens with zero attached hydrogens (tertiary/aromatic N) is 1. The Kier molecular flexibility index (Phi) is 9.32. The number of carbonyl (C=O) groups excluding carboxylic acids is 1. The van der Waals surface area contributed by atoms with Gasteiger partial charge in [0.05, 0.1) is 18.3 Å². The smallest absolute Gasteiger partial charge is 0.260 e. The molecule has 39 heavy (non-hydrogen) atoms. The van der Waals surface area contributed by atoms with Crippen LogP contribution in [0, 0.1) is 5.82 Å². The van der Waals surface area contributed by atoms with Crippen LogP contribution in [0.25, 0.3) is 11.1 Å². The molecular weight excluding hydrogens is 507 g/mol. The number of ether oxygens (including phenoxy) is 1. The largest absolute Gasteiger partial charge is 0.482 e. The average molecular weight is 545 g/mol. The van der Waals surface area contributed by atoms with Crippen molar-refractivity contribution in [3.05, 3.63) is 76.8 Å². The molecule has 6 N–H and O–H groups in total. The minimum Gasteiger partial charge on any atom is -0.482 e. The molecule has 2 aliphatic rings. The predicted octanol–water partition coefficient (Wildman–Crippen LogP) is 1.89. The molecule has 0 saturated heterocycles. The highest BCUT2D eigenvalue weighted by molar-refractivity contribution is 6.32. The van der Waals surface area contributed by atoms with E-state index in [4.69, 9.17) is 9.84 Å². The molecule has 0 aliphatic carbocycles. The second-order valence-electron chi connectivity index (χ2n) is 10.2. The Morgan fingerprint density at radius 2 is 1.67 bits per heavy atom. The van der Waals surface area contributed by atoms with Crippen LogP contribution in [0.4, 0.5) is 10.1 Å². The van der Waals surface area contributed by atoms with E-state index in [2.05, 4.69) is 5.32 Å². The van der Waals surface area contributed by atoms with Gasteiger partial charge in [0.25, 0.3) is 5.91 Å². The molecule has 0 unspecified atom stereocenters. The normalized spacial score (nSPS) is 20.9. The minimum atomic E-state index is -1.67. The molecule has 2 heterocycles. The summed E-state index contributed by atoms with van der Waals surface area (Å²) in [6, 6.07) is 11.8. The molecule has 10 heteroatoms. The van der Waals surface area contributed by atoms with Gasteiger partial charge in [0.2, 0.25) is 0 Å². The lowest BCUT2D eigenvalue weighted by Crippen LogP contribution is -2.49. The number of nitrogens with one attached hydrogen (secondary N) is 1. The first-order valence-electron chi connectivity index (χ1n) is 12.3. The quantitative estimate of drug-likeness (QED) is 0.263. The first-order chi connectivity index (χ1) is 17.9. The van der Waals surface area contributed by atoms with Crippen molar-refractivity contribution >= 4 is 22.7 Å². The maximum absolute atomic E-state index is 13.9. The number of fused-ring (bicyclic) bond motifs is 1. The number of likely N-dealkylation sites (N-methyl/N-ethyl adjacent to an activating group) is 1. The fourth-order valence-corrected chi connectivity index (χ4v) is 4.76. The zero-order chi connectivity index (χ0) is 27.8. The lowest BCUT2D eigenvalue weighted by molar-refractivity contribution is -0.118. The maximum Gasteiger partial charge on any atom is 0.260 e. The number of halogens is 1. The van der Waals surface area contributed by atoms with Gasteiger partial charge in [-0.2, -0.15) is 0 Å². The van der Waals surface area contributed by atoms with Crippen LogP contribution in [0.15, 0.2) is 54.3 Å². The summed E-state index contributed by atoms with van der Waals surface area (Å²) >= 11 is 0. The van der Waals surface area contributed by atoms with Gasteiger partial charge in [0.15, 0.2) is 0 Å². The third kappa shape index (κ3) is 6.38. The van der Waals surface area contributed by atoms with Crippen LogP contribution >= 0.6 is 0 Å². The molecule has 0 bridgehead atoms. The number of hydrogen-bond acceptors (Lipinski definition) is 8. The average Bonchev–Trinajstić information content (AvgIpc) is 3.36. The standard InChI is InChI=1S/C28H33FN2O7.CH4/c1-28(2)19(11-23(38-28)24-18-10-17(29)8-9-20(18)30-27(24)37)16-6-4-15(5-7-16)12-31(3)13-21(33)25(35)26(36)22(34)14-32;/h4-11,21-22,25-26,32-36H,12-14H2,1-3H3,(H,30,37);1H4/b24-23+;/t21-,22+,25+,26-;/m0./s1. The third-order valence-corrected chi connectivity index (χ3v) is 6.80. The Hall–Kier alpha value is -3.12. The van der Waals surface area contributed by atoms with E-state index in [1.807, 2.05) is 38.1 Å². The minimum absolute atomic E-state index is 0. The molecule has 0 radical (unpaired) electrons. The van der Waals surface area contributed by atoms with Gasteiger partial charge in [0.1, 0.15) is 35.5 Å². The summed E-state index contributed by atoms with van der Waals surface area (Å²) in [5, 5.41) is 51.2. The Morgan fingerprint density at radius 1 is 1.03 bits per heavy atom. The van der Waals surface area contributed by atoms with Gasteiger partial charge in [0, 0.05) is 29.9 Å². The van der Waals surface area contributed by atoms with E-state index in [9.17, 15) is 29.6 Å². The number of carbonyl (C=O) groups is 1. The van der Waals surface area contributed by atoms with E-state index < -0.39 is 42.4 Å². The fraction of sp³-hybridized carbons (Fsp3) is 0.414. The summed E-state index contributed by atoms with van der Waals surface area (Å²) < 4.78 is 20.0. The SMILES string of the molecule is C.CN(Cc1ccc(C2=C/C(=C3\C(=O)Nc4ccc(F)cc43)OC2(C)C)cc1)C[C@H](O)[C@@H](O)[C@@H](O)[C@H](O)CO. The van der Waals surface area contributed by atoms with Crippen molar-refractivity contribution < 1.29 is 39.5 Å². The number of rotatable bonds is 9. The van der Waals surface area contributed by atoms with Crippen LogP contribution in [0.2, 0.25) is 0 Å². The van der Waals surface area contributed by atoms with Crippen LogP contribution in [-0.4, -0.2) is 86.6 Å². The zero-order valence-electron chi connectivity index (χ0n) is 21.4. The molecule has 4 rings (SSSR count). The van der Waals surface area contributed by atoms with Crippen LogP contribution in [0.5, 0.6) is 0 Å². The van der Waals surface area contributed by atoms with Crippen molar-refractivity contribution in [2.45, 2.75) is 57.8 Å². The molecule has 0 saturated carbocycles. The summed E-state index contributed by atoms with van der Waals surface area (Å²) in [5.41, 5.74) is 3.20. The number of anilines is 1. The molecule has 0 spiro atoms. The zero-order valence-corrected chi connectivity index (χ0v) is 21.4. The van der Waals surface area contributed by atoms with Crippen LogP contribution < -0.4 is 5.32 Å².